The van der Waals surface area contributed by atoms with E-state index in [1.807, 2.05) is 54.6 Å². The molecule has 2 rings (SSSR count). The smallest absolute Gasteiger partial charge is 0.220 e. The van der Waals surface area contributed by atoms with E-state index in [0.717, 1.165) is 23.3 Å². The van der Waals surface area contributed by atoms with Crippen molar-refractivity contribution in [1.29, 1.82) is 0 Å². The lowest BCUT2D eigenvalue weighted by Gasteiger charge is -2.16. The van der Waals surface area contributed by atoms with Crippen molar-refractivity contribution in [2.45, 2.75) is 25.8 Å². The molecule has 2 unspecified atom stereocenters. The Balaban J connectivity index is 1.79. The molecule has 0 fully saturated rings. The number of rotatable bonds is 8. The molecule has 0 aliphatic rings. The number of hydrogen-bond acceptors (Lipinski definition) is 3. The van der Waals surface area contributed by atoms with Crippen LogP contribution in [-0.2, 0) is 11.2 Å². The van der Waals surface area contributed by atoms with Gasteiger partial charge in [-0.05, 0) is 29.5 Å². The van der Waals surface area contributed by atoms with Gasteiger partial charge in [-0.15, -0.1) is 0 Å². The molecule has 128 valence electrons. The molecule has 4 heteroatoms. The quantitative estimate of drug-likeness (QED) is 0.783. The van der Waals surface area contributed by atoms with E-state index in [-0.39, 0.29) is 17.9 Å². The van der Waals surface area contributed by atoms with Crippen LogP contribution in [0.4, 0.5) is 0 Å². The topological polar surface area (TPSA) is 64.3 Å². The third-order valence-corrected chi connectivity index (χ3v) is 4.04. The Morgan fingerprint density at radius 3 is 2.50 bits per heavy atom. The van der Waals surface area contributed by atoms with Crippen LogP contribution in [0.2, 0.25) is 0 Å². The van der Waals surface area contributed by atoms with Crippen molar-refractivity contribution in [2.24, 2.45) is 11.7 Å². The summed E-state index contributed by atoms with van der Waals surface area (Å²) in [6.45, 7) is 2.52. The molecule has 0 heterocycles. The van der Waals surface area contributed by atoms with Crippen molar-refractivity contribution in [3.63, 3.8) is 0 Å². The molecule has 0 saturated heterocycles. The molecule has 0 bridgehead atoms. The van der Waals surface area contributed by atoms with E-state index in [4.69, 9.17) is 10.5 Å². The van der Waals surface area contributed by atoms with Gasteiger partial charge in [0.05, 0.1) is 7.11 Å². The highest BCUT2D eigenvalue weighted by atomic mass is 16.5. The molecule has 2 atom stereocenters. The van der Waals surface area contributed by atoms with Crippen LogP contribution < -0.4 is 15.8 Å². The second kappa shape index (κ2) is 9.08. The molecular formula is C20H26N2O2. The molecule has 0 spiro atoms. The second-order valence-corrected chi connectivity index (χ2v) is 6.15. The molecular weight excluding hydrogens is 300 g/mol. The van der Waals surface area contributed by atoms with Gasteiger partial charge in [0.15, 0.2) is 0 Å². The van der Waals surface area contributed by atoms with Crippen LogP contribution in [0.25, 0.3) is 0 Å². The van der Waals surface area contributed by atoms with Gasteiger partial charge in [-0.1, -0.05) is 55.5 Å². The Hall–Kier alpha value is -2.33. The van der Waals surface area contributed by atoms with Crippen molar-refractivity contribution >= 4 is 5.91 Å². The summed E-state index contributed by atoms with van der Waals surface area (Å²) in [5.74, 6) is 1.13. The predicted octanol–water partition coefficient (Wildman–Crippen LogP) is 3.08. The van der Waals surface area contributed by atoms with Gasteiger partial charge < -0.3 is 15.8 Å². The summed E-state index contributed by atoms with van der Waals surface area (Å²) in [7, 11) is 1.67. The summed E-state index contributed by atoms with van der Waals surface area (Å²) in [5.41, 5.74) is 8.26. The van der Waals surface area contributed by atoms with Crippen LogP contribution in [-0.4, -0.2) is 19.6 Å². The standard InChI is InChI=1S/C20H26N2O2/c1-15(12-17-10-6-7-11-19(17)24-2)13-20(23)22-14-18(21)16-8-4-3-5-9-16/h3-11,15,18H,12-14,21H2,1-2H3,(H,22,23). The van der Waals surface area contributed by atoms with Gasteiger partial charge >= 0.3 is 0 Å². The average molecular weight is 326 g/mol. The molecule has 0 saturated carbocycles. The molecule has 0 aliphatic heterocycles. The number of methoxy groups -OCH3 is 1. The summed E-state index contributed by atoms with van der Waals surface area (Å²) < 4.78 is 5.36. The minimum absolute atomic E-state index is 0.0313. The highest BCUT2D eigenvalue weighted by Gasteiger charge is 2.13. The second-order valence-electron chi connectivity index (χ2n) is 6.15. The van der Waals surface area contributed by atoms with E-state index in [0.29, 0.717) is 13.0 Å². The lowest BCUT2D eigenvalue weighted by Crippen LogP contribution is -2.32. The first-order valence-electron chi connectivity index (χ1n) is 8.29. The Morgan fingerprint density at radius 2 is 1.79 bits per heavy atom. The molecule has 3 N–H and O–H groups in total. The maximum Gasteiger partial charge on any atom is 0.220 e. The first kappa shape index (κ1) is 18.0. The Kier molecular flexibility index (Phi) is 6.82. The zero-order chi connectivity index (χ0) is 17.4. The molecule has 0 aliphatic carbocycles. The highest BCUT2D eigenvalue weighted by molar-refractivity contribution is 5.76. The maximum atomic E-state index is 12.1. The fourth-order valence-corrected chi connectivity index (χ4v) is 2.75. The molecule has 4 nitrogen and oxygen atoms in total. The fourth-order valence-electron chi connectivity index (χ4n) is 2.75. The predicted molar refractivity (Wildman–Crippen MR) is 96.9 cm³/mol. The largest absolute Gasteiger partial charge is 0.496 e. The van der Waals surface area contributed by atoms with E-state index >= 15 is 0 Å². The number of amides is 1. The fraction of sp³-hybridized carbons (Fsp3) is 0.350. The average Bonchev–Trinajstić information content (AvgIpc) is 2.60. The van der Waals surface area contributed by atoms with E-state index in [1.165, 1.54) is 0 Å². The van der Waals surface area contributed by atoms with E-state index in [1.54, 1.807) is 7.11 Å². The SMILES string of the molecule is COc1ccccc1CC(C)CC(=O)NCC(N)c1ccccc1. The van der Waals surface area contributed by atoms with Crippen molar-refractivity contribution in [3.05, 3.63) is 65.7 Å². The number of nitrogens with one attached hydrogen (secondary N) is 1. The minimum atomic E-state index is -0.181. The van der Waals surface area contributed by atoms with Gasteiger partial charge in [0.25, 0.3) is 0 Å². The molecule has 0 radical (unpaired) electrons. The first-order chi connectivity index (χ1) is 11.6. The molecule has 1 amide bonds. The number of nitrogens with two attached hydrogens (primary N) is 1. The number of ether oxygens (including phenoxy) is 1. The first-order valence-corrected chi connectivity index (χ1v) is 8.29. The lowest BCUT2D eigenvalue weighted by atomic mass is 9.97. The van der Waals surface area contributed by atoms with Gasteiger partial charge in [0.1, 0.15) is 5.75 Å². The molecule has 24 heavy (non-hydrogen) atoms. The minimum Gasteiger partial charge on any atom is -0.496 e. The van der Waals surface area contributed by atoms with Crippen LogP contribution >= 0.6 is 0 Å². The van der Waals surface area contributed by atoms with Gasteiger partial charge in [-0.3, -0.25) is 4.79 Å². The summed E-state index contributed by atoms with van der Waals surface area (Å²) in [4.78, 5) is 12.1. The molecule has 0 aromatic heterocycles. The zero-order valence-electron chi connectivity index (χ0n) is 14.4. The van der Waals surface area contributed by atoms with E-state index in [9.17, 15) is 4.79 Å². The highest BCUT2D eigenvalue weighted by Crippen LogP contribution is 2.22. The summed E-state index contributed by atoms with van der Waals surface area (Å²) in [5, 5.41) is 2.93. The van der Waals surface area contributed by atoms with E-state index < -0.39 is 0 Å². The van der Waals surface area contributed by atoms with Crippen LogP contribution in [0.3, 0.4) is 0 Å². The van der Waals surface area contributed by atoms with E-state index in [2.05, 4.69) is 12.2 Å². The number of carbonyl (C=O) groups excluding carboxylic acids is 1. The van der Waals surface area contributed by atoms with Crippen LogP contribution in [0.5, 0.6) is 5.75 Å². The maximum absolute atomic E-state index is 12.1. The molecule has 2 aromatic rings. The monoisotopic (exact) mass is 326 g/mol. The van der Waals surface area contributed by atoms with Gasteiger partial charge in [0.2, 0.25) is 5.91 Å². The van der Waals surface area contributed by atoms with Gasteiger partial charge in [-0.2, -0.15) is 0 Å². The third kappa shape index (κ3) is 5.39. The van der Waals surface area contributed by atoms with Crippen molar-refractivity contribution in [3.8, 4) is 5.75 Å². The zero-order valence-corrected chi connectivity index (χ0v) is 14.4. The molecule has 2 aromatic carbocycles. The Morgan fingerprint density at radius 1 is 1.12 bits per heavy atom. The summed E-state index contributed by atoms with van der Waals surface area (Å²) >= 11 is 0. The number of carbonyl (C=O) groups is 1. The Labute approximate surface area is 144 Å². The number of hydrogen-bond donors (Lipinski definition) is 2. The number of para-hydroxylation sites is 1. The van der Waals surface area contributed by atoms with Crippen LogP contribution in [0.1, 0.15) is 30.5 Å². The normalized spacial score (nSPS) is 13.1. The van der Waals surface area contributed by atoms with Crippen molar-refractivity contribution < 1.29 is 9.53 Å². The number of benzene rings is 2. The summed E-state index contributed by atoms with van der Waals surface area (Å²) in [6, 6.07) is 17.5. The van der Waals surface area contributed by atoms with Gasteiger partial charge in [-0.25, -0.2) is 0 Å². The van der Waals surface area contributed by atoms with Crippen molar-refractivity contribution in [1.82, 2.24) is 5.32 Å². The van der Waals surface area contributed by atoms with Crippen molar-refractivity contribution in [2.75, 3.05) is 13.7 Å². The van der Waals surface area contributed by atoms with Crippen LogP contribution in [0.15, 0.2) is 54.6 Å². The van der Waals surface area contributed by atoms with Crippen LogP contribution in [0, 0.1) is 5.92 Å². The summed E-state index contributed by atoms with van der Waals surface area (Å²) in [6.07, 6.45) is 1.28. The van der Waals surface area contributed by atoms with Gasteiger partial charge in [0, 0.05) is 19.0 Å². The lowest BCUT2D eigenvalue weighted by molar-refractivity contribution is -0.121. The Bertz CT molecular complexity index is 643. The third-order valence-electron chi connectivity index (χ3n) is 4.04.